The second-order valence-electron chi connectivity index (χ2n) is 30.7. The third kappa shape index (κ3) is 24.1. The van der Waals surface area contributed by atoms with E-state index >= 15 is 0 Å². The van der Waals surface area contributed by atoms with Crippen molar-refractivity contribution < 1.29 is 0 Å². The van der Waals surface area contributed by atoms with Gasteiger partial charge in [0.25, 0.3) is 14.1 Å². The van der Waals surface area contributed by atoms with Gasteiger partial charge in [0.2, 0.25) is 30.4 Å². The molecule has 0 radical (unpaired) electrons. The van der Waals surface area contributed by atoms with E-state index in [-0.39, 0.29) is 0 Å². The van der Waals surface area contributed by atoms with Gasteiger partial charge >= 0.3 is 0 Å². The van der Waals surface area contributed by atoms with E-state index in [1.807, 2.05) is 0 Å². The van der Waals surface area contributed by atoms with Gasteiger partial charge in [0.15, 0.2) is 0 Å². The lowest BCUT2D eigenvalue weighted by molar-refractivity contribution is 0.218. The van der Waals surface area contributed by atoms with Gasteiger partial charge in [-0.05, 0) is 230 Å². The molecule has 9 aliphatic carbocycles. The van der Waals surface area contributed by atoms with Crippen molar-refractivity contribution >= 4 is 44.6 Å². The Morgan fingerprint density at radius 3 is 1.14 bits per heavy atom. The van der Waals surface area contributed by atoms with E-state index in [2.05, 4.69) is 132 Å². The van der Waals surface area contributed by atoms with E-state index in [0.717, 1.165) is 94.7 Å². The Labute approximate surface area is 511 Å². The van der Waals surface area contributed by atoms with Gasteiger partial charge in [-0.2, -0.15) is 0 Å². The molecule has 9 saturated carbocycles. The number of hydrogen-bond acceptors (Lipinski definition) is 0. The highest BCUT2D eigenvalue weighted by Crippen LogP contribution is 2.51. The lowest BCUT2D eigenvalue weighted by atomic mass is 9.74. The van der Waals surface area contributed by atoms with Crippen LogP contribution >= 0.6 is 0 Å². The Morgan fingerprint density at radius 2 is 0.722 bits per heavy atom. The van der Waals surface area contributed by atoms with E-state index < -0.39 is 14.1 Å². The fraction of sp³-hybridized carbons (Fsp3) is 0.789. The lowest BCUT2D eigenvalue weighted by Crippen LogP contribution is -2.26. The first-order valence-electron chi connectivity index (χ1n) is 35.1. The minimum Gasteiger partial charge on any atom is -0.103 e. The SMILES string of the molecule is C=C1CCC2CC(C[CH2][Al]([CH2]CC3CCC4C(=C)CCC4C3)[CH2]CC3CCC4CCC(=C)C4C3)CCC12.C=CC1CCC(C=C)C(C=C)C1.C=CC1CCC2C(=C)CCC2C1.CC(C)[CH2][AlH][CH2]C(C)C.CC(C)[CH2][AlH][CH2]C(C)C. The van der Waals surface area contributed by atoms with Crippen molar-refractivity contribution in [3.8, 4) is 0 Å². The number of allylic oxidation sites excluding steroid dienone is 8. The molecular formula is C76H131Al3. The number of fused-ring (bicyclic) bond motifs is 4. The molecule has 0 nitrogen and oxygen atoms in total. The maximum absolute atomic E-state index is 4.48. The van der Waals surface area contributed by atoms with E-state index in [9.17, 15) is 0 Å². The zero-order valence-corrected chi connectivity index (χ0v) is 58.2. The van der Waals surface area contributed by atoms with Crippen LogP contribution in [0.2, 0.25) is 37.0 Å². The van der Waals surface area contributed by atoms with E-state index in [0.29, 0.717) is 48.2 Å². The summed E-state index contributed by atoms with van der Waals surface area (Å²) in [6.45, 7) is 51.6. The molecule has 0 aromatic heterocycles. The maximum Gasteiger partial charge on any atom is 0.261 e. The predicted octanol–water partition coefficient (Wildman–Crippen LogP) is 23.1. The van der Waals surface area contributed by atoms with Crippen molar-refractivity contribution in [1.82, 2.24) is 0 Å². The fourth-order valence-electron chi connectivity index (χ4n) is 17.7. The molecule has 0 aromatic carbocycles. The molecule has 0 N–H and O–H groups in total. The smallest absolute Gasteiger partial charge is 0.103 e. The van der Waals surface area contributed by atoms with Crippen LogP contribution in [0.15, 0.2) is 99.2 Å². The van der Waals surface area contributed by atoms with E-state index in [1.54, 1.807) is 71.1 Å². The maximum atomic E-state index is 4.48. The monoisotopic (exact) mass is 1120 g/mol. The normalized spacial score (nSPS) is 33.5. The molecule has 0 saturated heterocycles. The van der Waals surface area contributed by atoms with Crippen LogP contribution in [0, 0.1) is 112 Å². The summed E-state index contributed by atoms with van der Waals surface area (Å²) in [7, 11) is 0. The predicted molar refractivity (Wildman–Crippen MR) is 363 cm³/mol. The molecule has 444 valence electrons. The molecule has 0 heterocycles. The third-order valence-corrected chi connectivity index (χ3v) is 32.8. The van der Waals surface area contributed by atoms with Crippen LogP contribution in [-0.4, -0.2) is 44.6 Å². The van der Waals surface area contributed by atoms with Crippen LogP contribution in [0.3, 0.4) is 0 Å². The van der Waals surface area contributed by atoms with Crippen molar-refractivity contribution in [2.45, 2.75) is 259 Å². The molecule has 0 bridgehead atoms. The summed E-state index contributed by atoms with van der Waals surface area (Å²) in [5.74, 6) is 17.3. The molecule has 0 spiro atoms. The average Bonchev–Trinajstić information content (AvgIpc) is 4.23. The van der Waals surface area contributed by atoms with Gasteiger partial charge in [-0.25, -0.2) is 0 Å². The van der Waals surface area contributed by atoms with Gasteiger partial charge in [0, 0.05) is 0 Å². The molecule has 0 amide bonds. The first-order valence-corrected chi connectivity index (χ1v) is 41.6. The van der Waals surface area contributed by atoms with Crippen LogP contribution in [-0.2, 0) is 0 Å². The summed E-state index contributed by atoms with van der Waals surface area (Å²) in [5, 5.41) is 11.2. The summed E-state index contributed by atoms with van der Waals surface area (Å²) in [5.41, 5.74) is 6.37. The van der Waals surface area contributed by atoms with Crippen LogP contribution in [0.1, 0.15) is 222 Å². The second-order valence-corrected chi connectivity index (χ2v) is 37.9. The third-order valence-electron chi connectivity index (χ3n) is 23.1. The van der Waals surface area contributed by atoms with Crippen molar-refractivity contribution in [2.75, 3.05) is 0 Å². The van der Waals surface area contributed by atoms with Crippen molar-refractivity contribution in [1.29, 1.82) is 0 Å². The van der Waals surface area contributed by atoms with Crippen molar-refractivity contribution in [3.05, 3.63) is 99.2 Å². The lowest BCUT2D eigenvalue weighted by Gasteiger charge is -2.34. The van der Waals surface area contributed by atoms with E-state index in [4.69, 9.17) is 0 Å². The quantitative estimate of drug-likeness (QED) is 0.0794. The minimum absolute atomic E-state index is 0.316. The van der Waals surface area contributed by atoms with Crippen LogP contribution < -0.4 is 0 Å². The molecule has 15 atom stereocenters. The molecule has 15 unspecified atom stereocenters. The summed E-state index contributed by atoms with van der Waals surface area (Å²) in [6.07, 6.45) is 45.7. The molecular weight excluding hydrogens is 994 g/mol. The van der Waals surface area contributed by atoms with Crippen molar-refractivity contribution in [2.24, 2.45) is 112 Å². The van der Waals surface area contributed by atoms with Gasteiger partial charge in [0.1, 0.15) is 0 Å². The van der Waals surface area contributed by atoms with E-state index in [1.165, 1.54) is 155 Å². The fourth-order valence-corrected chi connectivity index (χ4v) is 25.2. The van der Waals surface area contributed by atoms with Gasteiger partial charge in [-0.1, -0.05) is 215 Å². The van der Waals surface area contributed by atoms with Crippen LogP contribution in [0.25, 0.3) is 0 Å². The number of rotatable bonds is 21. The van der Waals surface area contributed by atoms with Crippen LogP contribution in [0.4, 0.5) is 0 Å². The second kappa shape index (κ2) is 37.2. The van der Waals surface area contributed by atoms with Gasteiger partial charge < -0.3 is 0 Å². The van der Waals surface area contributed by atoms with Gasteiger partial charge in [-0.3, -0.25) is 0 Å². The molecule has 9 aliphatic rings. The highest BCUT2D eigenvalue weighted by Gasteiger charge is 2.40. The zero-order valence-electron chi connectivity index (χ0n) is 54.3. The van der Waals surface area contributed by atoms with Crippen molar-refractivity contribution in [3.63, 3.8) is 0 Å². The van der Waals surface area contributed by atoms with Crippen LogP contribution in [0.5, 0.6) is 0 Å². The Kier molecular flexibility index (Phi) is 32.6. The Bertz CT molecular complexity index is 1750. The molecule has 0 aliphatic heterocycles. The highest BCUT2D eigenvalue weighted by atomic mass is 27.2. The summed E-state index contributed by atoms with van der Waals surface area (Å²) < 4.78 is 0. The average molecular weight is 1130 g/mol. The Morgan fingerprint density at radius 1 is 0.367 bits per heavy atom. The molecule has 3 heteroatoms. The Hall–Kier alpha value is -0.483. The molecule has 9 fully saturated rings. The Balaban J connectivity index is 0.000000222. The molecule has 0 aromatic rings. The first-order chi connectivity index (χ1) is 37.9. The van der Waals surface area contributed by atoms with Gasteiger partial charge in [0.05, 0.1) is 0 Å². The number of hydrogen-bond donors (Lipinski definition) is 0. The molecule has 79 heavy (non-hydrogen) atoms. The first kappa shape index (κ1) is 69.3. The highest BCUT2D eigenvalue weighted by molar-refractivity contribution is 6.58. The largest absolute Gasteiger partial charge is 0.261 e. The summed E-state index contributed by atoms with van der Waals surface area (Å²) >= 11 is -0.0000363. The standard InChI is InChI=1S/2C12H19.C12H18.C12H19.C12H18.4C4H9.3Al.2H/c3*1-3-10-5-7-12-9(2)4-6-11(12)8-10;1-3-10-5-7-11-6-4-9(2)12(11)8-10;1-4-10-7-8-11(5-2)12(6-3)9-10;4*1-4(2)3;;;;;/h2*10-12H,1-8H2;3,10-12H,1-2,4-8H2;10-12H,1-8H2;4-6,10-12H,1-3,7-9H2;4*4H,1H2,2-3H3;;;;;. The topological polar surface area (TPSA) is 0 Å². The minimum atomic E-state index is -0.633. The van der Waals surface area contributed by atoms with Gasteiger partial charge in [-0.15, -0.1) is 26.3 Å². The zero-order chi connectivity index (χ0) is 57.4. The molecule has 9 rings (SSSR count). The summed E-state index contributed by atoms with van der Waals surface area (Å²) in [6, 6.07) is 0. The summed E-state index contributed by atoms with van der Waals surface area (Å²) in [4.78, 5) is 0.